The summed E-state index contributed by atoms with van der Waals surface area (Å²) in [5, 5.41) is 0. The summed E-state index contributed by atoms with van der Waals surface area (Å²) in [5.41, 5.74) is 11.4. The van der Waals surface area contributed by atoms with Crippen molar-refractivity contribution in [1.82, 2.24) is 34.9 Å². The minimum atomic E-state index is 0.569. The smallest absolute Gasteiger partial charge is 0.164 e. The van der Waals surface area contributed by atoms with Crippen molar-refractivity contribution < 1.29 is 0 Å². The molecule has 3 aromatic heterocycles. The van der Waals surface area contributed by atoms with Gasteiger partial charge in [0.15, 0.2) is 34.9 Å². The van der Waals surface area contributed by atoms with E-state index in [0.717, 1.165) is 66.8 Å². The second-order valence-corrected chi connectivity index (χ2v) is 14.1. The van der Waals surface area contributed by atoms with Crippen LogP contribution in [0.4, 0.5) is 0 Å². The summed E-state index contributed by atoms with van der Waals surface area (Å²) in [6, 6.07) is 67.5. The van der Waals surface area contributed by atoms with Crippen LogP contribution in [0.3, 0.4) is 0 Å². The van der Waals surface area contributed by atoms with Crippen molar-refractivity contribution in [3.8, 4) is 102 Å². The van der Waals surface area contributed by atoms with Gasteiger partial charge in [-0.1, -0.05) is 188 Å². The summed E-state index contributed by atoms with van der Waals surface area (Å²) in [5.74, 6) is 3.54. The van der Waals surface area contributed by atoms with Crippen LogP contribution in [-0.4, -0.2) is 34.9 Å². The van der Waals surface area contributed by atoms with Crippen LogP contribution in [-0.2, 0) is 0 Å². The summed E-state index contributed by atoms with van der Waals surface area (Å²) in [7, 11) is 0. The molecule has 0 unspecified atom stereocenters. The third kappa shape index (κ3) is 7.23. The molecule has 0 radical (unpaired) electrons. The Morgan fingerprint density at radius 1 is 0.200 bits per heavy atom. The number of benzene rings is 7. The molecule has 7 heteroatoms. The van der Waals surface area contributed by atoms with Crippen molar-refractivity contribution in [2.45, 2.75) is 0 Å². The van der Waals surface area contributed by atoms with Crippen LogP contribution in [0, 0.1) is 0 Å². The molecular weight excluding hydrogens is 735 g/mol. The fourth-order valence-electron chi connectivity index (χ4n) is 7.51. The highest BCUT2D eigenvalue weighted by molar-refractivity contribution is 6.01. The van der Waals surface area contributed by atoms with E-state index in [1.165, 1.54) is 0 Å². The van der Waals surface area contributed by atoms with Crippen LogP contribution in [0.2, 0.25) is 0 Å². The molecule has 7 nitrogen and oxygen atoms in total. The maximum Gasteiger partial charge on any atom is 0.164 e. The molecule has 0 N–H and O–H groups in total. The summed E-state index contributed by atoms with van der Waals surface area (Å²) in [6.45, 7) is 0. The monoisotopic (exact) mass is 769 g/mol. The Morgan fingerprint density at radius 3 is 0.950 bits per heavy atom. The van der Waals surface area contributed by atoms with Gasteiger partial charge in [0.2, 0.25) is 0 Å². The molecule has 60 heavy (non-hydrogen) atoms. The maximum absolute atomic E-state index is 5.17. The number of nitrogens with zero attached hydrogens (tertiary/aromatic N) is 7. The van der Waals surface area contributed by atoms with Crippen molar-refractivity contribution >= 4 is 0 Å². The highest BCUT2D eigenvalue weighted by atomic mass is 15.0. The molecule has 0 aliphatic rings. The topological polar surface area (TPSA) is 90.2 Å². The van der Waals surface area contributed by atoms with E-state index in [0.29, 0.717) is 34.9 Å². The van der Waals surface area contributed by atoms with Gasteiger partial charge < -0.3 is 0 Å². The standard InChI is InChI=1S/C53H35N7/c1-5-18-37(19-6-1)48-55-49(38-20-7-2-8-21-38)58-52(57-48)45-28-15-13-26-42(45)43-31-17-30-41(36-32-34-54-35-33-36)47(43)44-27-14-16-29-46(44)53-59-50(39-22-9-3-10-23-39)56-51(60-53)40-24-11-4-12-25-40/h1-35H. The van der Waals surface area contributed by atoms with E-state index >= 15 is 0 Å². The minimum Gasteiger partial charge on any atom is -0.265 e. The zero-order chi connectivity index (χ0) is 40.1. The largest absolute Gasteiger partial charge is 0.265 e. The van der Waals surface area contributed by atoms with Crippen molar-refractivity contribution in [3.05, 3.63) is 213 Å². The predicted octanol–water partition coefficient (Wildman–Crippen LogP) is 12.5. The van der Waals surface area contributed by atoms with E-state index in [2.05, 4.69) is 59.6 Å². The lowest BCUT2D eigenvalue weighted by Gasteiger charge is -2.20. The number of hydrogen-bond acceptors (Lipinski definition) is 7. The summed E-state index contributed by atoms with van der Waals surface area (Å²) in [6.07, 6.45) is 3.66. The van der Waals surface area contributed by atoms with Gasteiger partial charge in [-0.15, -0.1) is 0 Å². The molecule has 0 bridgehead atoms. The molecule has 0 aliphatic heterocycles. The zero-order valence-corrected chi connectivity index (χ0v) is 32.3. The molecule has 0 spiro atoms. The van der Waals surface area contributed by atoms with Crippen molar-refractivity contribution in [2.24, 2.45) is 0 Å². The predicted molar refractivity (Wildman–Crippen MR) is 240 cm³/mol. The lowest BCUT2D eigenvalue weighted by atomic mass is 9.84. The average Bonchev–Trinajstić information content (AvgIpc) is 3.35. The van der Waals surface area contributed by atoms with Gasteiger partial charge in [-0.3, -0.25) is 4.98 Å². The van der Waals surface area contributed by atoms with Crippen LogP contribution in [0.1, 0.15) is 0 Å². The van der Waals surface area contributed by atoms with Gasteiger partial charge in [0.25, 0.3) is 0 Å². The van der Waals surface area contributed by atoms with Crippen molar-refractivity contribution in [2.75, 3.05) is 0 Å². The highest BCUT2D eigenvalue weighted by Crippen LogP contribution is 2.46. The lowest BCUT2D eigenvalue weighted by molar-refractivity contribution is 1.07. The van der Waals surface area contributed by atoms with Gasteiger partial charge >= 0.3 is 0 Å². The van der Waals surface area contributed by atoms with Crippen LogP contribution < -0.4 is 0 Å². The first-order chi connectivity index (χ1) is 29.8. The molecule has 0 amide bonds. The van der Waals surface area contributed by atoms with Gasteiger partial charge in [-0.05, 0) is 45.5 Å². The van der Waals surface area contributed by atoms with E-state index in [4.69, 9.17) is 29.9 Å². The Kier molecular flexibility index (Phi) is 9.79. The third-order valence-electron chi connectivity index (χ3n) is 10.4. The first-order valence-corrected chi connectivity index (χ1v) is 19.7. The first kappa shape index (κ1) is 36.1. The van der Waals surface area contributed by atoms with E-state index in [9.17, 15) is 0 Å². The normalized spacial score (nSPS) is 11.0. The van der Waals surface area contributed by atoms with Crippen LogP contribution >= 0.6 is 0 Å². The fraction of sp³-hybridized carbons (Fsp3) is 0. The van der Waals surface area contributed by atoms with Crippen LogP contribution in [0.15, 0.2) is 213 Å². The number of hydrogen-bond donors (Lipinski definition) is 0. The van der Waals surface area contributed by atoms with Crippen LogP contribution in [0.5, 0.6) is 0 Å². The molecule has 7 aromatic carbocycles. The molecule has 0 atom stereocenters. The Labute approximate surface area is 347 Å². The molecule has 0 aliphatic carbocycles. The van der Waals surface area contributed by atoms with Gasteiger partial charge in [0.05, 0.1) is 0 Å². The summed E-state index contributed by atoms with van der Waals surface area (Å²) < 4.78 is 0. The average molecular weight is 770 g/mol. The molecule has 0 fully saturated rings. The van der Waals surface area contributed by atoms with Crippen molar-refractivity contribution in [3.63, 3.8) is 0 Å². The van der Waals surface area contributed by atoms with E-state index in [-0.39, 0.29) is 0 Å². The SMILES string of the molecule is c1ccc(-c2nc(-c3ccccc3)nc(-c3ccccc3-c3cccc(-c4ccncc4)c3-c3ccccc3-c3nc(-c4ccccc4)nc(-c4ccccc4)n3)n2)cc1. The zero-order valence-electron chi connectivity index (χ0n) is 32.3. The summed E-state index contributed by atoms with van der Waals surface area (Å²) >= 11 is 0. The van der Waals surface area contributed by atoms with E-state index in [1.807, 2.05) is 158 Å². The van der Waals surface area contributed by atoms with Gasteiger partial charge in [-0.2, -0.15) is 0 Å². The molecule has 0 saturated heterocycles. The minimum absolute atomic E-state index is 0.569. The first-order valence-electron chi connectivity index (χ1n) is 19.7. The highest BCUT2D eigenvalue weighted by Gasteiger charge is 2.23. The Bertz CT molecular complexity index is 2950. The van der Waals surface area contributed by atoms with Crippen molar-refractivity contribution in [1.29, 1.82) is 0 Å². The Balaban J connectivity index is 1.22. The number of aromatic nitrogens is 7. The fourth-order valence-corrected chi connectivity index (χ4v) is 7.51. The summed E-state index contributed by atoms with van der Waals surface area (Å²) in [4.78, 5) is 35.0. The third-order valence-corrected chi connectivity index (χ3v) is 10.4. The van der Waals surface area contributed by atoms with E-state index in [1.54, 1.807) is 0 Å². The molecule has 3 heterocycles. The second kappa shape index (κ2) is 16.3. The molecule has 282 valence electrons. The van der Waals surface area contributed by atoms with Gasteiger partial charge in [-0.25, -0.2) is 29.9 Å². The van der Waals surface area contributed by atoms with Gasteiger partial charge in [0, 0.05) is 45.8 Å². The molecule has 0 saturated carbocycles. The number of pyridine rings is 1. The van der Waals surface area contributed by atoms with E-state index < -0.39 is 0 Å². The Morgan fingerprint density at radius 2 is 0.517 bits per heavy atom. The van der Waals surface area contributed by atoms with Gasteiger partial charge in [0.1, 0.15) is 0 Å². The Hall–Kier alpha value is -8.29. The second-order valence-electron chi connectivity index (χ2n) is 14.1. The maximum atomic E-state index is 5.17. The molecular formula is C53H35N7. The number of rotatable bonds is 9. The lowest BCUT2D eigenvalue weighted by Crippen LogP contribution is -2.02. The quantitative estimate of drug-likeness (QED) is 0.144. The molecule has 10 rings (SSSR count). The molecule has 10 aromatic rings. The van der Waals surface area contributed by atoms with Crippen LogP contribution in [0.25, 0.3) is 102 Å².